The Morgan fingerprint density at radius 1 is 1.14 bits per heavy atom. The fraction of sp³-hybridized carbons (Fsp3) is 0.444. The van der Waals surface area contributed by atoms with Crippen LogP contribution in [0.2, 0.25) is 10.0 Å². The zero-order valence-electron chi connectivity index (χ0n) is 13.6. The van der Waals surface area contributed by atoms with E-state index < -0.39 is 0 Å². The van der Waals surface area contributed by atoms with E-state index in [2.05, 4.69) is 32.2 Å². The van der Waals surface area contributed by atoms with Crippen molar-refractivity contribution in [3.8, 4) is 0 Å². The van der Waals surface area contributed by atoms with E-state index in [4.69, 9.17) is 27.6 Å². The summed E-state index contributed by atoms with van der Waals surface area (Å²) in [5.74, 6) is 2.02. The van der Waals surface area contributed by atoms with Gasteiger partial charge in [0.15, 0.2) is 0 Å². The second-order valence-corrected chi connectivity index (χ2v) is 7.48. The summed E-state index contributed by atoms with van der Waals surface area (Å²) in [7, 11) is 0. The maximum Gasteiger partial charge on any atom is 0.109 e. The van der Waals surface area contributed by atoms with Gasteiger partial charge in [0.2, 0.25) is 0 Å². The molecule has 0 amide bonds. The number of furan rings is 1. The van der Waals surface area contributed by atoms with Crippen molar-refractivity contribution in [1.29, 1.82) is 0 Å². The van der Waals surface area contributed by atoms with Crippen molar-refractivity contribution in [2.75, 3.05) is 0 Å². The standard InChI is InChI=1S/C18H23Cl2NO/c1-12(10-18(3,4)17-8-5-13(2)22-17)21-11-14-6-7-15(19)16(20)9-14/h5-9,12,21H,10-11H2,1-4H3/p+1/t12-/m0/s1. The predicted molar refractivity (Wildman–Crippen MR) is 92.6 cm³/mol. The van der Waals surface area contributed by atoms with Gasteiger partial charge in [-0.05, 0) is 38.1 Å². The van der Waals surface area contributed by atoms with E-state index in [0.29, 0.717) is 16.1 Å². The number of hydrogen-bond acceptors (Lipinski definition) is 1. The summed E-state index contributed by atoms with van der Waals surface area (Å²) >= 11 is 12.0. The van der Waals surface area contributed by atoms with Gasteiger partial charge in [0.25, 0.3) is 0 Å². The Balaban J connectivity index is 1.92. The lowest BCUT2D eigenvalue weighted by Crippen LogP contribution is -2.88. The topological polar surface area (TPSA) is 29.8 Å². The van der Waals surface area contributed by atoms with Crippen LogP contribution in [0, 0.1) is 6.92 Å². The first kappa shape index (κ1) is 17.4. The van der Waals surface area contributed by atoms with E-state index in [1.807, 2.05) is 31.2 Å². The minimum atomic E-state index is 0.0296. The van der Waals surface area contributed by atoms with Crippen molar-refractivity contribution in [2.24, 2.45) is 0 Å². The van der Waals surface area contributed by atoms with E-state index >= 15 is 0 Å². The van der Waals surface area contributed by atoms with Crippen LogP contribution in [0.5, 0.6) is 0 Å². The monoisotopic (exact) mass is 340 g/mol. The molecule has 0 bridgehead atoms. The summed E-state index contributed by atoms with van der Waals surface area (Å²) in [5.41, 5.74) is 1.22. The van der Waals surface area contributed by atoms with Gasteiger partial charge in [-0.15, -0.1) is 0 Å². The van der Waals surface area contributed by atoms with Gasteiger partial charge in [0.1, 0.15) is 18.1 Å². The number of benzene rings is 1. The molecule has 1 aromatic heterocycles. The maximum atomic E-state index is 6.06. The third-order valence-corrected chi connectivity index (χ3v) is 4.72. The van der Waals surface area contributed by atoms with Crippen molar-refractivity contribution in [1.82, 2.24) is 0 Å². The van der Waals surface area contributed by atoms with Crippen molar-refractivity contribution in [3.05, 3.63) is 57.5 Å². The molecule has 2 rings (SSSR count). The number of hydrogen-bond donors (Lipinski definition) is 1. The Hall–Kier alpha value is -0.960. The molecular formula is C18H24Cl2NO+. The van der Waals surface area contributed by atoms with Crippen LogP contribution in [0.3, 0.4) is 0 Å². The van der Waals surface area contributed by atoms with Gasteiger partial charge < -0.3 is 9.73 Å². The zero-order valence-corrected chi connectivity index (χ0v) is 15.1. The molecule has 0 saturated carbocycles. The van der Waals surface area contributed by atoms with Gasteiger partial charge in [-0.25, -0.2) is 0 Å². The molecule has 22 heavy (non-hydrogen) atoms. The average Bonchev–Trinajstić information content (AvgIpc) is 2.87. The molecule has 0 spiro atoms. The molecule has 4 heteroatoms. The summed E-state index contributed by atoms with van der Waals surface area (Å²) in [6, 6.07) is 10.4. The Labute approximate surface area is 142 Å². The smallest absolute Gasteiger partial charge is 0.109 e. The van der Waals surface area contributed by atoms with Crippen LogP contribution in [0.15, 0.2) is 34.7 Å². The van der Waals surface area contributed by atoms with E-state index in [0.717, 1.165) is 24.5 Å². The third-order valence-electron chi connectivity index (χ3n) is 3.98. The van der Waals surface area contributed by atoms with Crippen LogP contribution < -0.4 is 5.32 Å². The lowest BCUT2D eigenvalue weighted by Gasteiger charge is -2.25. The van der Waals surface area contributed by atoms with Gasteiger partial charge in [-0.2, -0.15) is 0 Å². The molecule has 2 aromatic rings. The van der Waals surface area contributed by atoms with Crippen LogP contribution in [-0.2, 0) is 12.0 Å². The maximum absolute atomic E-state index is 6.06. The number of rotatable bonds is 6. The quantitative estimate of drug-likeness (QED) is 0.810. The average molecular weight is 341 g/mol. The fourth-order valence-electron chi connectivity index (χ4n) is 2.79. The fourth-order valence-corrected chi connectivity index (χ4v) is 3.11. The molecule has 1 aromatic carbocycles. The normalized spacial score (nSPS) is 13.4. The Morgan fingerprint density at radius 2 is 1.86 bits per heavy atom. The molecule has 0 saturated heterocycles. The highest BCUT2D eigenvalue weighted by Crippen LogP contribution is 2.29. The molecule has 0 fully saturated rings. The summed E-state index contributed by atoms with van der Waals surface area (Å²) < 4.78 is 5.79. The highest BCUT2D eigenvalue weighted by Gasteiger charge is 2.28. The van der Waals surface area contributed by atoms with Crippen LogP contribution in [0.25, 0.3) is 0 Å². The number of halogens is 2. The van der Waals surface area contributed by atoms with Crippen molar-refractivity contribution >= 4 is 23.2 Å². The largest absolute Gasteiger partial charge is 0.466 e. The van der Waals surface area contributed by atoms with Crippen molar-refractivity contribution in [2.45, 2.75) is 52.1 Å². The highest BCUT2D eigenvalue weighted by molar-refractivity contribution is 6.42. The van der Waals surface area contributed by atoms with Gasteiger partial charge in [-0.1, -0.05) is 43.1 Å². The molecule has 0 radical (unpaired) electrons. The number of quaternary nitrogens is 1. The SMILES string of the molecule is Cc1ccc(C(C)(C)C[C@H](C)[NH2+]Cc2ccc(Cl)c(Cl)c2)o1. The van der Waals surface area contributed by atoms with E-state index in [1.165, 1.54) is 5.56 Å². The summed E-state index contributed by atoms with van der Waals surface area (Å²) in [4.78, 5) is 0. The molecular weight excluding hydrogens is 317 g/mol. The van der Waals surface area contributed by atoms with Crippen LogP contribution in [0.4, 0.5) is 0 Å². The number of aryl methyl sites for hydroxylation is 1. The van der Waals surface area contributed by atoms with Gasteiger partial charge in [-0.3, -0.25) is 0 Å². The lowest BCUT2D eigenvalue weighted by molar-refractivity contribution is -0.702. The highest BCUT2D eigenvalue weighted by atomic mass is 35.5. The molecule has 2 N–H and O–H groups in total. The second-order valence-electron chi connectivity index (χ2n) is 6.66. The van der Waals surface area contributed by atoms with Crippen LogP contribution in [0.1, 0.15) is 44.3 Å². The molecule has 1 atom stereocenters. The first-order valence-electron chi connectivity index (χ1n) is 7.62. The molecule has 0 aliphatic heterocycles. The molecule has 0 aliphatic carbocycles. The minimum Gasteiger partial charge on any atom is -0.466 e. The minimum absolute atomic E-state index is 0.0296. The molecule has 0 aliphatic rings. The third kappa shape index (κ3) is 4.52. The summed E-state index contributed by atoms with van der Waals surface area (Å²) in [5, 5.41) is 3.55. The van der Waals surface area contributed by atoms with Gasteiger partial charge in [0, 0.05) is 17.4 Å². The molecule has 2 nitrogen and oxygen atoms in total. The summed E-state index contributed by atoms with van der Waals surface area (Å²) in [6.07, 6.45) is 1.04. The Bertz CT molecular complexity index is 634. The van der Waals surface area contributed by atoms with E-state index in [1.54, 1.807) is 0 Å². The first-order valence-corrected chi connectivity index (χ1v) is 8.38. The Kier molecular flexibility index (Phi) is 5.60. The van der Waals surface area contributed by atoms with Gasteiger partial charge in [0.05, 0.1) is 16.1 Å². The predicted octanol–water partition coefficient (Wildman–Crippen LogP) is 4.71. The van der Waals surface area contributed by atoms with Crippen LogP contribution >= 0.6 is 23.2 Å². The lowest BCUT2D eigenvalue weighted by atomic mass is 9.83. The first-order chi connectivity index (χ1) is 10.3. The van der Waals surface area contributed by atoms with Crippen LogP contribution in [-0.4, -0.2) is 6.04 Å². The van der Waals surface area contributed by atoms with E-state index in [-0.39, 0.29) is 5.41 Å². The van der Waals surface area contributed by atoms with Gasteiger partial charge >= 0.3 is 0 Å². The van der Waals surface area contributed by atoms with Crippen molar-refractivity contribution in [3.63, 3.8) is 0 Å². The Morgan fingerprint density at radius 3 is 2.45 bits per heavy atom. The molecule has 120 valence electrons. The second kappa shape index (κ2) is 7.08. The molecule has 1 heterocycles. The molecule has 0 unspecified atom stereocenters. The van der Waals surface area contributed by atoms with E-state index in [9.17, 15) is 0 Å². The van der Waals surface area contributed by atoms with Crippen molar-refractivity contribution < 1.29 is 9.73 Å². The summed E-state index contributed by atoms with van der Waals surface area (Å²) in [6.45, 7) is 9.59. The zero-order chi connectivity index (χ0) is 16.3. The number of nitrogens with two attached hydrogens (primary N) is 1.